The Morgan fingerprint density at radius 3 is 2.38 bits per heavy atom. The Balaban J connectivity index is 2.32. The molecule has 0 fully saturated rings. The third kappa shape index (κ3) is 4.37. The summed E-state index contributed by atoms with van der Waals surface area (Å²) in [6.45, 7) is 0. The average molecular weight is 344 g/mol. The lowest BCUT2D eigenvalue weighted by Gasteiger charge is -2.14. The van der Waals surface area contributed by atoms with E-state index in [-0.39, 0.29) is 0 Å². The molecule has 0 aliphatic carbocycles. The minimum absolute atomic E-state index is 0.448. The molecule has 0 aliphatic heterocycles. The molecule has 2 aromatic rings. The topological polar surface area (TPSA) is 26.3 Å². The lowest BCUT2D eigenvalue weighted by Crippen LogP contribution is -2.10. The summed E-state index contributed by atoms with van der Waals surface area (Å²) < 4.78 is 5.18. The molecule has 0 spiro atoms. The first-order valence-corrected chi connectivity index (χ1v) is 7.41. The molecule has 21 heavy (non-hydrogen) atoms. The summed E-state index contributed by atoms with van der Waals surface area (Å²) in [4.78, 5) is 11.8. The third-order valence-electron chi connectivity index (χ3n) is 3.14. The Labute approximate surface area is 138 Å². The number of hydrogen-bond acceptors (Lipinski definition) is 2. The Kier molecular flexibility index (Phi) is 5.51. The van der Waals surface area contributed by atoms with E-state index in [1.807, 2.05) is 24.3 Å². The van der Waals surface area contributed by atoms with Crippen LogP contribution in [0, 0.1) is 0 Å². The molecule has 2 rings (SSSR count). The molecule has 1 atom stereocenters. The van der Waals surface area contributed by atoms with Crippen molar-refractivity contribution in [3.05, 3.63) is 63.6 Å². The molecular weight excluding hydrogens is 331 g/mol. The van der Waals surface area contributed by atoms with Gasteiger partial charge in [-0.2, -0.15) is 0 Å². The second-order valence-corrected chi connectivity index (χ2v) is 5.86. The van der Waals surface area contributed by atoms with Crippen LogP contribution in [0.2, 0.25) is 10.0 Å². The number of halogens is 3. The van der Waals surface area contributed by atoms with Crippen LogP contribution in [0.15, 0.2) is 42.5 Å². The highest BCUT2D eigenvalue weighted by Crippen LogP contribution is 2.29. The van der Waals surface area contributed by atoms with Crippen molar-refractivity contribution in [2.75, 3.05) is 7.11 Å². The zero-order valence-electron chi connectivity index (χ0n) is 11.3. The highest BCUT2D eigenvalue weighted by atomic mass is 35.5. The normalized spacial score (nSPS) is 12.0. The van der Waals surface area contributed by atoms with Gasteiger partial charge in [-0.3, -0.25) is 4.79 Å². The molecular formula is C16H13Cl3O2. The number of carbonyl (C=O) groups excluding carboxylic acids is 1. The second kappa shape index (κ2) is 7.17. The van der Waals surface area contributed by atoms with E-state index >= 15 is 0 Å². The van der Waals surface area contributed by atoms with Crippen molar-refractivity contribution in [1.29, 1.82) is 0 Å². The maximum atomic E-state index is 11.8. The maximum Gasteiger partial charge on any atom is 0.229 e. The Bertz CT molecular complexity index is 635. The smallest absolute Gasteiger partial charge is 0.229 e. The van der Waals surface area contributed by atoms with Gasteiger partial charge in [0.25, 0.3) is 0 Å². The van der Waals surface area contributed by atoms with Gasteiger partial charge in [0.15, 0.2) is 0 Å². The zero-order chi connectivity index (χ0) is 15.4. The number of carbonyl (C=O) groups is 1. The lowest BCUT2D eigenvalue weighted by atomic mass is 9.93. The largest absolute Gasteiger partial charge is 0.497 e. The lowest BCUT2D eigenvalue weighted by molar-refractivity contribution is -0.113. The first-order valence-electron chi connectivity index (χ1n) is 6.28. The summed E-state index contributed by atoms with van der Waals surface area (Å²) in [7, 11) is 1.60. The highest BCUT2D eigenvalue weighted by Gasteiger charge is 2.20. The van der Waals surface area contributed by atoms with Gasteiger partial charge in [0, 0.05) is 10.0 Å². The van der Waals surface area contributed by atoms with Crippen molar-refractivity contribution in [3.8, 4) is 5.75 Å². The quantitative estimate of drug-likeness (QED) is 0.707. The first-order chi connectivity index (χ1) is 9.99. The summed E-state index contributed by atoms with van der Waals surface area (Å²) in [6, 6.07) is 12.5. The van der Waals surface area contributed by atoms with Gasteiger partial charge in [-0.15, -0.1) is 0 Å². The summed E-state index contributed by atoms with van der Waals surface area (Å²) in [5, 5.41) is 0.508. The van der Waals surface area contributed by atoms with E-state index in [1.165, 1.54) is 0 Å². The van der Waals surface area contributed by atoms with E-state index in [1.54, 1.807) is 25.3 Å². The van der Waals surface area contributed by atoms with Crippen LogP contribution < -0.4 is 4.74 Å². The van der Waals surface area contributed by atoms with Crippen LogP contribution in [0.1, 0.15) is 17.0 Å². The second-order valence-electron chi connectivity index (χ2n) is 4.62. The fourth-order valence-corrected chi connectivity index (χ4v) is 2.89. The molecule has 0 N–H and O–H groups in total. The summed E-state index contributed by atoms with van der Waals surface area (Å²) in [5.74, 6) is 0.229. The van der Waals surface area contributed by atoms with E-state index in [0.29, 0.717) is 22.0 Å². The standard InChI is InChI=1S/C16H13Cl3O2/c1-21-14-4-2-3-10(5-14)6-15(16(19)20)11-7-12(17)9-13(18)8-11/h2-5,7-9,15H,6H2,1H3. The monoisotopic (exact) mass is 342 g/mol. The summed E-state index contributed by atoms with van der Waals surface area (Å²) >= 11 is 17.7. The van der Waals surface area contributed by atoms with Crippen LogP contribution in [0.4, 0.5) is 0 Å². The van der Waals surface area contributed by atoms with E-state index in [0.717, 1.165) is 11.3 Å². The summed E-state index contributed by atoms with van der Waals surface area (Å²) in [6.07, 6.45) is 0.455. The fraction of sp³-hybridized carbons (Fsp3) is 0.188. The molecule has 0 saturated carbocycles. The van der Waals surface area contributed by atoms with Crippen LogP contribution in [0.3, 0.4) is 0 Å². The molecule has 0 saturated heterocycles. The molecule has 0 radical (unpaired) electrons. The van der Waals surface area contributed by atoms with Gasteiger partial charge in [0.05, 0.1) is 13.0 Å². The molecule has 2 nitrogen and oxygen atoms in total. The average Bonchev–Trinajstić information content (AvgIpc) is 2.43. The molecule has 5 heteroatoms. The first kappa shape index (κ1) is 16.2. The van der Waals surface area contributed by atoms with E-state index in [9.17, 15) is 4.79 Å². The van der Waals surface area contributed by atoms with Crippen LogP contribution >= 0.6 is 34.8 Å². The number of ether oxygens (including phenoxy) is 1. The van der Waals surface area contributed by atoms with Gasteiger partial charge in [-0.05, 0) is 59.5 Å². The third-order valence-corrected chi connectivity index (χ3v) is 3.84. The molecule has 0 aliphatic rings. The number of rotatable bonds is 5. The fourth-order valence-electron chi connectivity index (χ4n) is 2.14. The minimum Gasteiger partial charge on any atom is -0.497 e. The van der Waals surface area contributed by atoms with Crippen LogP contribution in [0.5, 0.6) is 5.75 Å². The molecule has 0 amide bonds. The van der Waals surface area contributed by atoms with E-state index < -0.39 is 11.2 Å². The van der Waals surface area contributed by atoms with Gasteiger partial charge in [-0.1, -0.05) is 35.3 Å². The van der Waals surface area contributed by atoms with Crippen molar-refractivity contribution < 1.29 is 9.53 Å². The van der Waals surface area contributed by atoms with Crippen LogP contribution in [0.25, 0.3) is 0 Å². The zero-order valence-corrected chi connectivity index (χ0v) is 13.5. The van der Waals surface area contributed by atoms with E-state index in [4.69, 9.17) is 39.5 Å². The SMILES string of the molecule is COc1cccc(CC(C(=O)Cl)c2cc(Cl)cc(Cl)c2)c1. The Hall–Kier alpha value is -1.22. The van der Waals surface area contributed by atoms with Crippen molar-refractivity contribution in [1.82, 2.24) is 0 Å². The van der Waals surface area contributed by atoms with Crippen LogP contribution in [-0.4, -0.2) is 12.4 Å². The Morgan fingerprint density at radius 1 is 1.14 bits per heavy atom. The molecule has 2 aromatic carbocycles. The van der Waals surface area contributed by atoms with Gasteiger partial charge < -0.3 is 4.74 Å². The molecule has 0 aromatic heterocycles. The summed E-state index contributed by atoms with van der Waals surface area (Å²) in [5.41, 5.74) is 1.65. The maximum absolute atomic E-state index is 11.8. The van der Waals surface area contributed by atoms with E-state index in [2.05, 4.69) is 0 Å². The molecule has 1 unspecified atom stereocenters. The van der Waals surface area contributed by atoms with Gasteiger partial charge in [-0.25, -0.2) is 0 Å². The predicted octanol–water partition coefficient (Wildman–Crippen LogP) is 5.09. The molecule has 0 bridgehead atoms. The molecule has 110 valence electrons. The number of hydrogen-bond donors (Lipinski definition) is 0. The number of benzene rings is 2. The van der Waals surface area contributed by atoms with Crippen molar-refractivity contribution in [2.45, 2.75) is 12.3 Å². The van der Waals surface area contributed by atoms with Crippen molar-refractivity contribution >= 4 is 40.0 Å². The van der Waals surface area contributed by atoms with Gasteiger partial charge in [0.1, 0.15) is 5.75 Å². The van der Waals surface area contributed by atoms with Crippen molar-refractivity contribution in [3.63, 3.8) is 0 Å². The predicted molar refractivity (Wildman–Crippen MR) is 86.8 cm³/mol. The van der Waals surface area contributed by atoms with Gasteiger partial charge in [0.2, 0.25) is 5.24 Å². The molecule has 0 heterocycles. The minimum atomic E-state index is -0.505. The van der Waals surface area contributed by atoms with Crippen LogP contribution in [-0.2, 0) is 11.2 Å². The number of methoxy groups -OCH3 is 1. The van der Waals surface area contributed by atoms with Crippen molar-refractivity contribution in [2.24, 2.45) is 0 Å². The highest BCUT2D eigenvalue weighted by molar-refractivity contribution is 6.64. The van der Waals surface area contributed by atoms with Gasteiger partial charge >= 0.3 is 0 Å². The Morgan fingerprint density at radius 2 is 1.81 bits per heavy atom.